The molecule has 0 bridgehead atoms. The predicted molar refractivity (Wildman–Crippen MR) is 59.5 cm³/mol. The lowest BCUT2D eigenvalue weighted by atomic mass is 10.2. The zero-order chi connectivity index (χ0) is 10.8. The largest absolute Gasteiger partial charge is 0.491 e. The number of hydrogen-bond donors (Lipinski definition) is 1. The van der Waals surface area contributed by atoms with E-state index < -0.39 is 0 Å². The third-order valence-corrected chi connectivity index (χ3v) is 2.11. The third-order valence-electron chi connectivity index (χ3n) is 2.11. The van der Waals surface area contributed by atoms with Gasteiger partial charge in [-0.15, -0.1) is 0 Å². The minimum absolute atomic E-state index is 0.156. The number of carbonyl (C=O) groups is 1. The molecule has 0 amide bonds. The number of aldehydes is 1. The zero-order valence-electron chi connectivity index (χ0n) is 8.78. The maximum Gasteiger partial charge on any atom is 0.166 e. The van der Waals surface area contributed by atoms with Gasteiger partial charge >= 0.3 is 0 Å². The van der Waals surface area contributed by atoms with E-state index in [2.05, 4.69) is 4.98 Å². The summed E-state index contributed by atoms with van der Waals surface area (Å²) in [5.41, 5.74) is 1.52. The van der Waals surface area contributed by atoms with E-state index >= 15 is 0 Å². The SMILES string of the molecule is CC(C)Oc1ccc2cc(C=O)[nH]c2c1. The van der Waals surface area contributed by atoms with Crippen molar-refractivity contribution >= 4 is 17.2 Å². The van der Waals surface area contributed by atoms with Gasteiger partial charge in [-0.1, -0.05) is 0 Å². The first kappa shape index (κ1) is 9.77. The van der Waals surface area contributed by atoms with E-state index in [1.165, 1.54) is 0 Å². The second kappa shape index (κ2) is 3.77. The summed E-state index contributed by atoms with van der Waals surface area (Å²) < 4.78 is 5.56. The average Bonchev–Trinajstić information content (AvgIpc) is 2.58. The van der Waals surface area contributed by atoms with Gasteiger partial charge in [-0.05, 0) is 32.0 Å². The van der Waals surface area contributed by atoms with Crippen LogP contribution in [0.2, 0.25) is 0 Å². The van der Waals surface area contributed by atoms with Crippen molar-refractivity contribution in [3.8, 4) is 5.75 Å². The Labute approximate surface area is 88.1 Å². The van der Waals surface area contributed by atoms with Crippen molar-refractivity contribution in [1.82, 2.24) is 4.98 Å². The molecular weight excluding hydrogens is 190 g/mol. The van der Waals surface area contributed by atoms with Gasteiger partial charge in [0.2, 0.25) is 0 Å². The molecule has 2 rings (SSSR count). The van der Waals surface area contributed by atoms with Crippen LogP contribution in [0.4, 0.5) is 0 Å². The summed E-state index contributed by atoms with van der Waals surface area (Å²) in [6, 6.07) is 7.57. The van der Waals surface area contributed by atoms with E-state index in [4.69, 9.17) is 4.74 Å². The number of fused-ring (bicyclic) bond motifs is 1. The van der Waals surface area contributed by atoms with E-state index in [0.29, 0.717) is 5.69 Å². The highest BCUT2D eigenvalue weighted by molar-refractivity contribution is 5.88. The Kier molecular flexibility index (Phi) is 2.46. The molecule has 1 N–H and O–H groups in total. The molecule has 0 saturated heterocycles. The van der Waals surface area contributed by atoms with Crippen LogP contribution in [-0.4, -0.2) is 17.4 Å². The van der Waals surface area contributed by atoms with E-state index in [9.17, 15) is 4.79 Å². The molecule has 2 aromatic rings. The highest BCUT2D eigenvalue weighted by atomic mass is 16.5. The molecule has 78 valence electrons. The number of rotatable bonds is 3. The number of aromatic amines is 1. The molecule has 0 unspecified atom stereocenters. The predicted octanol–water partition coefficient (Wildman–Crippen LogP) is 2.77. The summed E-state index contributed by atoms with van der Waals surface area (Å²) in [7, 11) is 0. The minimum Gasteiger partial charge on any atom is -0.491 e. The molecule has 1 aromatic carbocycles. The van der Waals surface area contributed by atoms with Gasteiger partial charge in [0.15, 0.2) is 6.29 Å². The van der Waals surface area contributed by atoms with Gasteiger partial charge in [0.05, 0.1) is 11.8 Å². The molecule has 1 aromatic heterocycles. The van der Waals surface area contributed by atoms with Crippen molar-refractivity contribution in [2.75, 3.05) is 0 Å². The van der Waals surface area contributed by atoms with Crippen molar-refractivity contribution in [3.63, 3.8) is 0 Å². The molecular formula is C12H13NO2. The fourth-order valence-electron chi connectivity index (χ4n) is 1.54. The summed E-state index contributed by atoms with van der Waals surface area (Å²) in [5.74, 6) is 0.816. The standard InChI is InChI=1S/C12H13NO2/c1-8(2)15-11-4-3-9-5-10(7-14)13-12(9)6-11/h3-8,13H,1-2H3. The van der Waals surface area contributed by atoms with Crippen LogP contribution in [0.1, 0.15) is 24.3 Å². The van der Waals surface area contributed by atoms with Gasteiger partial charge in [0.1, 0.15) is 5.75 Å². The Hall–Kier alpha value is -1.77. The highest BCUT2D eigenvalue weighted by Crippen LogP contribution is 2.21. The van der Waals surface area contributed by atoms with Gasteiger partial charge in [0, 0.05) is 17.0 Å². The summed E-state index contributed by atoms with van der Waals surface area (Å²) >= 11 is 0. The van der Waals surface area contributed by atoms with Crippen LogP contribution in [0, 0.1) is 0 Å². The lowest BCUT2D eigenvalue weighted by Gasteiger charge is -2.08. The second-order valence-corrected chi connectivity index (χ2v) is 3.76. The van der Waals surface area contributed by atoms with E-state index in [1.807, 2.05) is 38.1 Å². The maximum atomic E-state index is 10.6. The minimum atomic E-state index is 0.156. The number of hydrogen-bond acceptors (Lipinski definition) is 2. The molecule has 0 saturated carbocycles. The zero-order valence-corrected chi connectivity index (χ0v) is 8.78. The van der Waals surface area contributed by atoms with Crippen molar-refractivity contribution in [3.05, 3.63) is 30.0 Å². The molecule has 0 aliphatic rings. The third kappa shape index (κ3) is 2.01. The number of ether oxygens (including phenoxy) is 1. The van der Waals surface area contributed by atoms with Crippen molar-refractivity contribution in [2.24, 2.45) is 0 Å². The highest BCUT2D eigenvalue weighted by Gasteiger charge is 2.02. The molecule has 0 aliphatic carbocycles. The van der Waals surface area contributed by atoms with Gasteiger partial charge in [-0.2, -0.15) is 0 Å². The van der Waals surface area contributed by atoms with Crippen LogP contribution >= 0.6 is 0 Å². The molecule has 3 nitrogen and oxygen atoms in total. The Bertz CT molecular complexity index is 485. The molecule has 0 fully saturated rings. The fourth-order valence-corrected chi connectivity index (χ4v) is 1.54. The molecule has 0 radical (unpaired) electrons. The van der Waals surface area contributed by atoms with Crippen LogP contribution in [0.3, 0.4) is 0 Å². The Morgan fingerprint density at radius 3 is 2.80 bits per heavy atom. The summed E-state index contributed by atoms with van der Waals surface area (Å²) in [4.78, 5) is 13.6. The second-order valence-electron chi connectivity index (χ2n) is 3.76. The summed E-state index contributed by atoms with van der Waals surface area (Å²) in [6.45, 7) is 3.96. The Morgan fingerprint density at radius 1 is 1.33 bits per heavy atom. The van der Waals surface area contributed by atoms with Gasteiger partial charge < -0.3 is 9.72 Å². The molecule has 0 atom stereocenters. The number of benzene rings is 1. The summed E-state index contributed by atoms with van der Waals surface area (Å²) in [6.07, 6.45) is 0.964. The topological polar surface area (TPSA) is 42.1 Å². The maximum absolute atomic E-state index is 10.6. The quantitative estimate of drug-likeness (QED) is 0.779. The normalized spacial score (nSPS) is 10.9. The van der Waals surface area contributed by atoms with Crippen LogP contribution in [0.5, 0.6) is 5.75 Å². The number of nitrogens with one attached hydrogen (secondary N) is 1. The van der Waals surface area contributed by atoms with Crippen LogP contribution in [0.25, 0.3) is 10.9 Å². The number of carbonyl (C=O) groups excluding carboxylic acids is 1. The number of aromatic nitrogens is 1. The van der Waals surface area contributed by atoms with Crippen LogP contribution in [-0.2, 0) is 0 Å². The molecule has 15 heavy (non-hydrogen) atoms. The fraction of sp³-hybridized carbons (Fsp3) is 0.250. The van der Waals surface area contributed by atoms with E-state index in [1.54, 1.807) is 0 Å². The van der Waals surface area contributed by atoms with Crippen molar-refractivity contribution in [1.29, 1.82) is 0 Å². The smallest absolute Gasteiger partial charge is 0.166 e. The molecule has 3 heteroatoms. The first-order valence-corrected chi connectivity index (χ1v) is 4.93. The van der Waals surface area contributed by atoms with Gasteiger partial charge in [0.25, 0.3) is 0 Å². The molecule has 0 aliphatic heterocycles. The Morgan fingerprint density at radius 2 is 2.13 bits per heavy atom. The average molecular weight is 203 g/mol. The first-order valence-electron chi connectivity index (χ1n) is 4.93. The lowest BCUT2D eigenvalue weighted by Crippen LogP contribution is -2.05. The number of H-pyrrole nitrogens is 1. The van der Waals surface area contributed by atoms with Crippen LogP contribution < -0.4 is 4.74 Å². The van der Waals surface area contributed by atoms with Gasteiger partial charge in [-0.25, -0.2) is 0 Å². The monoisotopic (exact) mass is 203 g/mol. The van der Waals surface area contributed by atoms with Gasteiger partial charge in [-0.3, -0.25) is 4.79 Å². The summed E-state index contributed by atoms with van der Waals surface area (Å²) in [5, 5.41) is 1.02. The molecule has 1 heterocycles. The molecule has 0 spiro atoms. The van der Waals surface area contributed by atoms with E-state index in [0.717, 1.165) is 22.9 Å². The lowest BCUT2D eigenvalue weighted by molar-refractivity contribution is 0.112. The van der Waals surface area contributed by atoms with Crippen LogP contribution in [0.15, 0.2) is 24.3 Å². The van der Waals surface area contributed by atoms with Crippen molar-refractivity contribution < 1.29 is 9.53 Å². The first-order chi connectivity index (χ1) is 7.19. The Balaban J connectivity index is 2.41. The van der Waals surface area contributed by atoms with Crippen molar-refractivity contribution in [2.45, 2.75) is 20.0 Å². The van der Waals surface area contributed by atoms with E-state index in [-0.39, 0.29) is 6.10 Å².